The molecular weight excluding hydrogens is 328 g/mol. The van der Waals surface area contributed by atoms with Crippen LogP contribution < -0.4 is 5.32 Å². The molecule has 2 aromatic rings. The molecule has 1 N–H and O–H groups in total. The Morgan fingerprint density at radius 2 is 1.92 bits per heavy atom. The van der Waals surface area contributed by atoms with Crippen molar-refractivity contribution in [1.29, 1.82) is 0 Å². The van der Waals surface area contributed by atoms with Gasteiger partial charge in [-0.2, -0.15) is 0 Å². The van der Waals surface area contributed by atoms with Crippen molar-refractivity contribution < 1.29 is 4.79 Å². The Labute approximate surface area is 153 Å². The van der Waals surface area contributed by atoms with E-state index >= 15 is 0 Å². The van der Waals surface area contributed by atoms with Crippen LogP contribution in [-0.4, -0.2) is 35.5 Å². The average Bonchev–Trinajstić information content (AvgIpc) is 3.37. The standard InChI is InChI=1S/C21H26N2OS/c1-21(2)19(14-7-9-23(21)10-8-14)22-20(24)16-6-5-15-11-17(13-3-4-13)25-18(15)12-16/h5-6,11-14,19H,3-4,7-10H2,1-2H3,(H,22,24)/t19-/m0/s1. The minimum Gasteiger partial charge on any atom is -0.347 e. The molecule has 4 fully saturated rings. The van der Waals surface area contributed by atoms with Crippen LogP contribution in [0.3, 0.4) is 0 Å². The van der Waals surface area contributed by atoms with Gasteiger partial charge in [0.05, 0.1) is 0 Å². The van der Waals surface area contributed by atoms with E-state index in [9.17, 15) is 4.79 Å². The summed E-state index contributed by atoms with van der Waals surface area (Å²) in [7, 11) is 0. The first-order valence-corrected chi connectivity index (χ1v) is 10.4. The maximum absolute atomic E-state index is 12.9. The summed E-state index contributed by atoms with van der Waals surface area (Å²) in [5.74, 6) is 1.49. The fourth-order valence-electron chi connectivity index (χ4n) is 4.86. The second-order valence-electron chi connectivity index (χ2n) is 8.60. The number of rotatable bonds is 3. The number of hydrogen-bond acceptors (Lipinski definition) is 3. The summed E-state index contributed by atoms with van der Waals surface area (Å²) >= 11 is 1.87. The zero-order valence-electron chi connectivity index (χ0n) is 15.0. The molecule has 4 aliphatic rings. The molecule has 25 heavy (non-hydrogen) atoms. The third-order valence-corrected chi connectivity index (χ3v) is 7.92. The Morgan fingerprint density at radius 1 is 1.16 bits per heavy atom. The van der Waals surface area contributed by atoms with Crippen molar-refractivity contribution in [3.63, 3.8) is 0 Å². The van der Waals surface area contributed by atoms with E-state index in [1.165, 1.54) is 53.7 Å². The first kappa shape index (κ1) is 15.8. The van der Waals surface area contributed by atoms with Gasteiger partial charge in [0.1, 0.15) is 0 Å². The van der Waals surface area contributed by atoms with Gasteiger partial charge in [0, 0.05) is 26.7 Å². The van der Waals surface area contributed by atoms with Crippen LogP contribution in [0.5, 0.6) is 0 Å². The van der Waals surface area contributed by atoms with Gasteiger partial charge < -0.3 is 5.32 Å². The highest BCUT2D eigenvalue weighted by Crippen LogP contribution is 2.45. The van der Waals surface area contributed by atoms with E-state index in [2.05, 4.69) is 42.3 Å². The molecule has 1 aromatic heterocycles. The highest BCUT2D eigenvalue weighted by Gasteiger charge is 2.48. The third kappa shape index (κ3) is 2.61. The maximum atomic E-state index is 12.9. The van der Waals surface area contributed by atoms with E-state index < -0.39 is 0 Å². The van der Waals surface area contributed by atoms with Gasteiger partial charge in [-0.25, -0.2) is 0 Å². The summed E-state index contributed by atoms with van der Waals surface area (Å²) in [5, 5.41) is 4.67. The van der Waals surface area contributed by atoms with Gasteiger partial charge in [-0.05, 0) is 88.0 Å². The zero-order valence-corrected chi connectivity index (χ0v) is 15.9. The molecule has 132 valence electrons. The molecule has 1 amide bonds. The predicted octanol–water partition coefficient (Wildman–Crippen LogP) is 4.38. The molecule has 2 bridgehead atoms. The first-order chi connectivity index (χ1) is 12.0. The van der Waals surface area contributed by atoms with Crippen LogP contribution in [0.1, 0.15) is 60.7 Å². The smallest absolute Gasteiger partial charge is 0.251 e. The van der Waals surface area contributed by atoms with Gasteiger partial charge in [-0.3, -0.25) is 9.69 Å². The summed E-state index contributed by atoms with van der Waals surface area (Å²) in [6.45, 7) is 6.92. The number of carbonyl (C=O) groups excluding carboxylic acids is 1. The second-order valence-corrected chi connectivity index (χ2v) is 9.72. The van der Waals surface area contributed by atoms with Crippen LogP contribution in [-0.2, 0) is 0 Å². The summed E-state index contributed by atoms with van der Waals surface area (Å²) in [5.41, 5.74) is 0.868. The Balaban J connectivity index is 1.39. The monoisotopic (exact) mass is 354 g/mol. The number of fused-ring (bicyclic) bond motifs is 4. The molecule has 1 aliphatic carbocycles. The molecule has 0 spiro atoms. The molecule has 3 saturated heterocycles. The van der Waals surface area contributed by atoms with E-state index in [-0.39, 0.29) is 17.5 Å². The number of hydrogen-bond donors (Lipinski definition) is 1. The van der Waals surface area contributed by atoms with Crippen LogP contribution in [0.4, 0.5) is 0 Å². The number of thiophene rings is 1. The fourth-order valence-corrected chi connectivity index (χ4v) is 6.14. The minimum atomic E-state index is 0.0585. The molecule has 6 rings (SSSR count). The SMILES string of the molecule is CC1(C)[C@@H](NC(=O)c2ccc3cc(C4CC4)sc3c2)C2CCN1CC2. The molecule has 1 aromatic carbocycles. The number of carbonyl (C=O) groups is 1. The number of nitrogens with zero attached hydrogens (tertiary/aromatic N) is 1. The Bertz CT molecular complexity index is 828. The highest BCUT2D eigenvalue weighted by atomic mass is 32.1. The average molecular weight is 355 g/mol. The molecule has 3 nitrogen and oxygen atoms in total. The van der Waals surface area contributed by atoms with E-state index in [1.807, 2.05) is 17.4 Å². The van der Waals surface area contributed by atoms with Gasteiger partial charge in [0.25, 0.3) is 5.91 Å². The summed E-state index contributed by atoms with van der Waals surface area (Å²) in [4.78, 5) is 17.0. The van der Waals surface area contributed by atoms with Crippen molar-refractivity contribution in [2.45, 2.75) is 57.0 Å². The van der Waals surface area contributed by atoms with Crippen molar-refractivity contribution in [2.75, 3.05) is 13.1 Å². The van der Waals surface area contributed by atoms with Gasteiger partial charge in [-0.15, -0.1) is 11.3 Å². The van der Waals surface area contributed by atoms with Crippen LogP contribution in [0.15, 0.2) is 24.3 Å². The minimum absolute atomic E-state index is 0.0585. The predicted molar refractivity (Wildman–Crippen MR) is 103 cm³/mol. The largest absolute Gasteiger partial charge is 0.347 e. The quantitative estimate of drug-likeness (QED) is 0.887. The Hall–Kier alpha value is -1.39. The lowest BCUT2D eigenvalue weighted by Gasteiger charge is -2.56. The molecule has 4 heteroatoms. The van der Waals surface area contributed by atoms with Gasteiger partial charge in [-0.1, -0.05) is 6.07 Å². The Kier molecular flexibility index (Phi) is 3.52. The normalized spacial score (nSPS) is 30.6. The highest BCUT2D eigenvalue weighted by molar-refractivity contribution is 7.19. The number of amides is 1. The molecule has 0 unspecified atom stereocenters. The molecule has 1 saturated carbocycles. The van der Waals surface area contributed by atoms with Gasteiger partial charge in [0.15, 0.2) is 0 Å². The topological polar surface area (TPSA) is 32.3 Å². The van der Waals surface area contributed by atoms with Crippen LogP contribution in [0, 0.1) is 5.92 Å². The van der Waals surface area contributed by atoms with Crippen molar-refractivity contribution >= 4 is 27.3 Å². The summed E-state index contributed by atoms with van der Waals surface area (Å²) in [6, 6.07) is 8.78. The lowest BCUT2D eigenvalue weighted by Crippen LogP contribution is -2.69. The number of benzene rings is 1. The van der Waals surface area contributed by atoms with Crippen molar-refractivity contribution in [2.24, 2.45) is 5.92 Å². The summed E-state index contributed by atoms with van der Waals surface area (Å²) in [6.07, 6.45) is 5.08. The molecule has 1 atom stereocenters. The molecule has 4 heterocycles. The van der Waals surface area contributed by atoms with Crippen LogP contribution >= 0.6 is 11.3 Å². The van der Waals surface area contributed by atoms with E-state index in [0.717, 1.165) is 11.5 Å². The molecule has 0 radical (unpaired) electrons. The number of nitrogens with one attached hydrogen (secondary N) is 1. The third-order valence-electron chi connectivity index (χ3n) is 6.65. The van der Waals surface area contributed by atoms with Gasteiger partial charge >= 0.3 is 0 Å². The van der Waals surface area contributed by atoms with Crippen LogP contribution in [0.2, 0.25) is 0 Å². The number of piperidine rings is 3. The van der Waals surface area contributed by atoms with Crippen LogP contribution in [0.25, 0.3) is 10.1 Å². The summed E-state index contributed by atoms with van der Waals surface area (Å²) < 4.78 is 1.25. The van der Waals surface area contributed by atoms with Gasteiger partial charge in [0.2, 0.25) is 0 Å². The van der Waals surface area contributed by atoms with Crippen molar-refractivity contribution in [3.8, 4) is 0 Å². The maximum Gasteiger partial charge on any atom is 0.251 e. The first-order valence-electron chi connectivity index (χ1n) is 9.62. The lowest BCUT2D eigenvalue weighted by molar-refractivity contribution is -0.0378. The van der Waals surface area contributed by atoms with E-state index in [1.54, 1.807) is 0 Å². The van der Waals surface area contributed by atoms with Crippen molar-refractivity contribution in [3.05, 3.63) is 34.7 Å². The Morgan fingerprint density at radius 3 is 2.60 bits per heavy atom. The van der Waals surface area contributed by atoms with Crippen molar-refractivity contribution in [1.82, 2.24) is 10.2 Å². The molecular formula is C21H26N2OS. The van der Waals surface area contributed by atoms with E-state index in [4.69, 9.17) is 0 Å². The fraction of sp³-hybridized carbons (Fsp3) is 0.571. The molecule has 3 aliphatic heterocycles. The lowest BCUT2D eigenvalue weighted by atomic mass is 9.72. The van der Waals surface area contributed by atoms with E-state index in [0.29, 0.717) is 5.92 Å². The second kappa shape index (κ2) is 5.55. The zero-order chi connectivity index (χ0) is 17.2.